The van der Waals surface area contributed by atoms with E-state index >= 15 is 0 Å². The topological polar surface area (TPSA) is 89.0 Å². The highest BCUT2D eigenvalue weighted by atomic mass is 32.2. The molecule has 37 heavy (non-hydrogen) atoms. The van der Waals surface area contributed by atoms with Crippen LogP contribution in [0.3, 0.4) is 0 Å². The Morgan fingerprint density at radius 3 is 2.49 bits per heavy atom. The number of carbonyl (C=O) groups is 1. The number of benzene rings is 3. The third kappa shape index (κ3) is 5.54. The quantitative estimate of drug-likeness (QED) is 0.250. The van der Waals surface area contributed by atoms with E-state index in [4.69, 9.17) is 4.74 Å². The number of anilines is 3. The van der Waals surface area contributed by atoms with Gasteiger partial charge in [0.25, 0.3) is 5.91 Å². The van der Waals surface area contributed by atoms with E-state index < -0.39 is 0 Å². The number of aryl methyl sites for hydroxylation is 2. The number of methoxy groups -OCH3 is 1. The largest absolute Gasteiger partial charge is 0.497 e. The molecular weight excluding hydrogens is 482 g/mol. The zero-order valence-corrected chi connectivity index (χ0v) is 21.5. The van der Waals surface area contributed by atoms with Crippen LogP contribution in [0.1, 0.15) is 21.6 Å². The zero-order valence-electron chi connectivity index (χ0n) is 20.6. The van der Waals surface area contributed by atoms with Crippen LogP contribution in [-0.4, -0.2) is 28.0 Å². The van der Waals surface area contributed by atoms with Crippen LogP contribution >= 0.6 is 11.8 Å². The normalized spacial score (nSPS) is 10.8. The average Bonchev–Trinajstić information content (AvgIpc) is 2.91. The Labute approximate surface area is 219 Å². The van der Waals surface area contributed by atoms with Gasteiger partial charge in [0.2, 0.25) is 0 Å². The number of pyridine rings is 1. The molecule has 0 fully saturated rings. The molecule has 0 atom stereocenters. The Morgan fingerprint density at radius 1 is 0.892 bits per heavy atom. The lowest BCUT2D eigenvalue weighted by Gasteiger charge is -2.15. The van der Waals surface area contributed by atoms with Gasteiger partial charge >= 0.3 is 0 Å². The van der Waals surface area contributed by atoms with Crippen molar-refractivity contribution < 1.29 is 9.53 Å². The van der Waals surface area contributed by atoms with Crippen LogP contribution in [0.2, 0.25) is 0 Å². The fourth-order valence-electron chi connectivity index (χ4n) is 3.80. The fourth-order valence-corrected chi connectivity index (χ4v) is 4.68. The molecule has 0 saturated heterocycles. The Balaban J connectivity index is 1.52. The number of amides is 1. The maximum Gasteiger partial charge on any atom is 0.255 e. The van der Waals surface area contributed by atoms with Gasteiger partial charge in [-0.25, -0.2) is 15.0 Å². The van der Waals surface area contributed by atoms with Gasteiger partial charge in [0.1, 0.15) is 17.9 Å². The van der Waals surface area contributed by atoms with Crippen molar-refractivity contribution in [3.05, 3.63) is 102 Å². The van der Waals surface area contributed by atoms with E-state index in [9.17, 15) is 4.79 Å². The highest BCUT2D eigenvalue weighted by Crippen LogP contribution is 2.37. The molecule has 0 bridgehead atoms. The standard InChI is InChI=1S/C29H25N5O2S/c1-18-6-4-5-7-24(18)34-29(35)20-9-15-26(37-22-12-10-21(36-3)11-13-22)25(16-20)33-28-23-14-8-19(2)32-27(23)30-17-31-28/h4-17H,1-3H3,(H,34,35)(H,30,31,32,33). The summed E-state index contributed by atoms with van der Waals surface area (Å²) in [6.07, 6.45) is 1.49. The minimum Gasteiger partial charge on any atom is -0.497 e. The molecule has 0 aliphatic rings. The summed E-state index contributed by atoms with van der Waals surface area (Å²) in [5.41, 5.74) is 4.53. The fraction of sp³-hybridized carbons (Fsp3) is 0.103. The van der Waals surface area contributed by atoms with Gasteiger partial charge in [-0.2, -0.15) is 0 Å². The van der Waals surface area contributed by atoms with Crippen LogP contribution in [-0.2, 0) is 0 Å². The summed E-state index contributed by atoms with van der Waals surface area (Å²) in [4.78, 5) is 28.4. The third-order valence-corrected chi connectivity index (χ3v) is 6.90. The Hall–Kier alpha value is -4.43. The second kappa shape index (κ2) is 10.7. The van der Waals surface area contributed by atoms with Crippen LogP contribution in [0.25, 0.3) is 11.0 Å². The molecule has 0 aliphatic heterocycles. The zero-order chi connectivity index (χ0) is 25.8. The predicted octanol–water partition coefficient (Wildman–Crippen LogP) is 6.80. The third-order valence-electron chi connectivity index (χ3n) is 5.81. The van der Waals surface area contributed by atoms with Crippen molar-refractivity contribution in [1.82, 2.24) is 15.0 Å². The lowest BCUT2D eigenvalue weighted by Crippen LogP contribution is -2.13. The Bertz CT molecular complexity index is 1590. The summed E-state index contributed by atoms with van der Waals surface area (Å²) in [5, 5.41) is 7.24. The molecule has 2 N–H and O–H groups in total. The summed E-state index contributed by atoms with van der Waals surface area (Å²) >= 11 is 1.58. The van der Waals surface area contributed by atoms with E-state index in [1.165, 1.54) is 6.33 Å². The number of hydrogen-bond donors (Lipinski definition) is 2. The minimum atomic E-state index is -0.191. The Kier molecular flexibility index (Phi) is 7.00. The van der Waals surface area contributed by atoms with Gasteiger partial charge in [-0.1, -0.05) is 30.0 Å². The molecule has 7 nitrogen and oxygen atoms in total. The molecule has 1 amide bonds. The van der Waals surface area contributed by atoms with Crippen molar-refractivity contribution in [2.75, 3.05) is 17.7 Å². The number of nitrogens with one attached hydrogen (secondary N) is 2. The van der Waals surface area contributed by atoms with Crippen molar-refractivity contribution in [2.45, 2.75) is 23.6 Å². The van der Waals surface area contributed by atoms with Gasteiger partial charge in [-0.3, -0.25) is 4.79 Å². The molecule has 0 spiro atoms. The highest BCUT2D eigenvalue weighted by Gasteiger charge is 2.14. The average molecular weight is 508 g/mol. The van der Waals surface area contributed by atoms with E-state index in [0.29, 0.717) is 17.0 Å². The first kappa shape index (κ1) is 24.3. The van der Waals surface area contributed by atoms with E-state index in [0.717, 1.165) is 43.6 Å². The maximum absolute atomic E-state index is 13.2. The molecule has 0 unspecified atom stereocenters. The molecule has 2 aromatic heterocycles. The number of fused-ring (bicyclic) bond motifs is 1. The lowest BCUT2D eigenvalue weighted by molar-refractivity contribution is 0.102. The molecule has 0 saturated carbocycles. The first-order valence-corrected chi connectivity index (χ1v) is 12.5. The summed E-state index contributed by atoms with van der Waals surface area (Å²) in [6.45, 7) is 3.89. The lowest BCUT2D eigenvalue weighted by atomic mass is 10.1. The molecule has 8 heteroatoms. The number of para-hydroxylation sites is 1. The van der Waals surface area contributed by atoms with Crippen LogP contribution in [0.4, 0.5) is 17.2 Å². The van der Waals surface area contributed by atoms with Crippen molar-refractivity contribution in [3.63, 3.8) is 0 Å². The highest BCUT2D eigenvalue weighted by molar-refractivity contribution is 7.99. The van der Waals surface area contributed by atoms with Crippen LogP contribution < -0.4 is 15.4 Å². The second-order valence-electron chi connectivity index (χ2n) is 8.43. The monoisotopic (exact) mass is 507 g/mol. The number of nitrogens with zero attached hydrogens (tertiary/aromatic N) is 3. The smallest absolute Gasteiger partial charge is 0.255 e. The minimum absolute atomic E-state index is 0.191. The number of carbonyl (C=O) groups excluding carboxylic acids is 1. The van der Waals surface area contributed by atoms with Gasteiger partial charge in [-0.15, -0.1) is 0 Å². The van der Waals surface area contributed by atoms with E-state index in [-0.39, 0.29) is 5.91 Å². The molecule has 3 aromatic carbocycles. The molecule has 0 radical (unpaired) electrons. The van der Waals surface area contributed by atoms with Crippen molar-refractivity contribution in [2.24, 2.45) is 0 Å². The van der Waals surface area contributed by atoms with E-state index in [2.05, 4.69) is 25.6 Å². The molecule has 0 aliphatic carbocycles. The van der Waals surface area contributed by atoms with Gasteiger partial charge in [0.05, 0.1) is 18.2 Å². The van der Waals surface area contributed by atoms with Gasteiger partial charge in [0.15, 0.2) is 5.65 Å². The number of ether oxygens (including phenoxy) is 1. The maximum atomic E-state index is 13.2. The molecule has 5 rings (SSSR count). The van der Waals surface area contributed by atoms with Crippen molar-refractivity contribution >= 4 is 45.9 Å². The SMILES string of the molecule is COc1ccc(Sc2ccc(C(=O)Nc3ccccc3C)cc2Nc2ncnc3nc(C)ccc23)cc1. The molecule has 5 aromatic rings. The summed E-state index contributed by atoms with van der Waals surface area (Å²) in [7, 11) is 1.65. The summed E-state index contributed by atoms with van der Waals surface area (Å²) < 4.78 is 5.28. The second-order valence-corrected chi connectivity index (χ2v) is 9.54. The van der Waals surface area contributed by atoms with Gasteiger partial charge < -0.3 is 15.4 Å². The molecular formula is C29H25N5O2S. The van der Waals surface area contributed by atoms with Crippen LogP contribution in [0, 0.1) is 13.8 Å². The number of rotatable bonds is 7. The van der Waals surface area contributed by atoms with Crippen molar-refractivity contribution in [3.8, 4) is 5.75 Å². The number of hydrogen-bond acceptors (Lipinski definition) is 7. The van der Waals surface area contributed by atoms with Crippen LogP contribution in [0.5, 0.6) is 5.75 Å². The predicted molar refractivity (Wildman–Crippen MR) is 148 cm³/mol. The first-order chi connectivity index (χ1) is 18.0. The van der Waals surface area contributed by atoms with Crippen LogP contribution in [0.15, 0.2) is 95.0 Å². The molecule has 2 heterocycles. The van der Waals surface area contributed by atoms with E-state index in [1.54, 1.807) is 18.9 Å². The van der Waals surface area contributed by atoms with Crippen molar-refractivity contribution in [1.29, 1.82) is 0 Å². The van der Waals surface area contributed by atoms with Gasteiger partial charge in [-0.05, 0) is 80.1 Å². The van der Waals surface area contributed by atoms with Gasteiger partial charge in [0, 0.05) is 26.7 Å². The summed E-state index contributed by atoms with van der Waals surface area (Å²) in [5.74, 6) is 1.22. The Morgan fingerprint density at radius 2 is 1.70 bits per heavy atom. The summed E-state index contributed by atoms with van der Waals surface area (Å²) in [6, 6.07) is 25.0. The molecule has 184 valence electrons. The van der Waals surface area contributed by atoms with E-state index in [1.807, 2.05) is 92.7 Å². The first-order valence-electron chi connectivity index (χ1n) is 11.7. The number of aromatic nitrogens is 3.